The Morgan fingerprint density at radius 2 is 1.56 bits per heavy atom. The number of amides is 2. The number of halogens is 1. The molecule has 0 aliphatic carbocycles. The van der Waals surface area contributed by atoms with Crippen molar-refractivity contribution in [1.29, 1.82) is 0 Å². The van der Waals surface area contributed by atoms with Crippen LogP contribution < -0.4 is 9.62 Å². The van der Waals surface area contributed by atoms with E-state index in [2.05, 4.69) is 21.2 Å². The molecule has 0 spiro atoms. The van der Waals surface area contributed by atoms with Crippen LogP contribution in [0.1, 0.15) is 30.5 Å². The molecule has 0 radical (unpaired) electrons. The van der Waals surface area contributed by atoms with Crippen LogP contribution in [0.4, 0.5) is 5.69 Å². The summed E-state index contributed by atoms with van der Waals surface area (Å²) in [6.45, 7) is 6.14. The number of hydrogen-bond acceptors (Lipinski definition) is 4. The van der Waals surface area contributed by atoms with E-state index < -0.39 is 28.5 Å². The van der Waals surface area contributed by atoms with Crippen molar-refractivity contribution < 1.29 is 18.0 Å². The van der Waals surface area contributed by atoms with Crippen LogP contribution in [0.3, 0.4) is 0 Å². The summed E-state index contributed by atoms with van der Waals surface area (Å²) in [5.41, 5.74) is 3.13. The van der Waals surface area contributed by atoms with E-state index in [0.29, 0.717) is 16.7 Å². The first-order chi connectivity index (χ1) is 18.5. The number of sulfonamides is 1. The van der Waals surface area contributed by atoms with Crippen molar-refractivity contribution in [3.05, 3.63) is 100 Å². The lowest BCUT2D eigenvalue weighted by Crippen LogP contribution is -2.53. The quantitative estimate of drug-likeness (QED) is 0.314. The van der Waals surface area contributed by atoms with Crippen LogP contribution in [-0.4, -0.2) is 50.5 Å². The topological polar surface area (TPSA) is 86.8 Å². The molecule has 0 aromatic heterocycles. The highest BCUT2D eigenvalue weighted by Gasteiger charge is 2.33. The summed E-state index contributed by atoms with van der Waals surface area (Å²) < 4.78 is 27.4. The van der Waals surface area contributed by atoms with Crippen LogP contribution in [0, 0.1) is 12.8 Å². The standard InChI is InChI=1S/C30H36BrN3O4S/c1-22(2)19-32-30(36)28(18-24-12-6-5-7-13-24)33(20-25-14-10-11-23(3)17-25)29(35)21-34(39(4,37)38)27-16-9-8-15-26(27)31/h5-17,22,28H,18-21H2,1-4H3,(H,32,36). The van der Waals surface area contributed by atoms with E-state index in [9.17, 15) is 18.0 Å². The largest absolute Gasteiger partial charge is 0.354 e. The first-order valence-electron chi connectivity index (χ1n) is 12.8. The second-order valence-electron chi connectivity index (χ2n) is 10.1. The summed E-state index contributed by atoms with van der Waals surface area (Å²) in [6, 6.07) is 23.3. The molecule has 3 rings (SSSR count). The van der Waals surface area contributed by atoms with Gasteiger partial charge in [0, 0.05) is 24.0 Å². The number of nitrogens with zero attached hydrogens (tertiary/aromatic N) is 2. The van der Waals surface area contributed by atoms with Crippen LogP contribution in [0.25, 0.3) is 0 Å². The van der Waals surface area contributed by atoms with Crippen molar-refractivity contribution in [3.63, 3.8) is 0 Å². The van der Waals surface area contributed by atoms with E-state index in [1.807, 2.05) is 75.4 Å². The smallest absolute Gasteiger partial charge is 0.244 e. The molecule has 2 amide bonds. The number of carbonyl (C=O) groups is 2. The highest BCUT2D eigenvalue weighted by molar-refractivity contribution is 9.10. The lowest BCUT2D eigenvalue weighted by Gasteiger charge is -2.34. The first-order valence-corrected chi connectivity index (χ1v) is 15.5. The summed E-state index contributed by atoms with van der Waals surface area (Å²) in [7, 11) is -3.82. The molecule has 9 heteroatoms. The zero-order chi connectivity index (χ0) is 28.6. The van der Waals surface area contributed by atoms with Crippen molar-refractivity contribution >= 4 is 43.5 Å². The summed E-state index contributed by atoms with van der Waals surface area (Å²) >= 11 is 3.41. The van der Waals surface area contributed by atoms with Gasteiger partial charge >= 0.3 is 0 Å². The van der Waals surface area contributed by atoms with Crippen molar-refractivity contribution in [1.82, 2.24) is 10.2 Å². The van der Waals surface area contributed by atoms with Crippen LogP contribution >= 0.6 is 15.9 Å². The number of benzene rings is 3. The van der Waals surface area contributed by atoms with Crippen LogP contribution in [-0.2, 0) is 32.6 Å². The SMILES string of the molecule is Cc1cccc(CN(C(=O)CN(c2ccccc2Br)S(C)(=O)=O)C(Cc2ccccc2)C(=O)NCC(C)C)c1. The lowest BCUT2D eigenvalue weighted by atomic mass is 10.0. The number of carbonyl (C=O) groups excluding carboxylic acids is 2. The van der Waals surface area contributed by atoms with Gasteiger partial charge in [-0.3, -0.25) is 13.9 Å². The molecule has 1 unspecified atom stereocenters. The molecule has 0 heterocycles. The number of para-hydroxylation sites is 1. The number of anilines is 1. The minimum atomic E-state index is -3.82. The van der Waals surface area contributed by atoms with Crippen molar-refractivity contribution in [2.45, 2.75) is 39.8 Å². The van der Waals surface area contributed by atoms with Gasteiger partial charge in [-0.25, -0.2) is 8.42 Å². The molecule has 0 saturated heterocycles. The fraction of sp³-hybridized carbons (Fsp3) is 0.333. The molecule has 0 bridgehead atoms. The fourth-order valence-electron chi connectivity index (χ4n) is 4.23. The van der Waals surface area contributed by atoms with Gasteiger partial charge in [-0.1, -0.05) is 86.1 Å². The molecule has 3 aromatic rings. The third-order valence-corrected chi connectivity index (χ3v) is 7.99. The zero-order valence-corrected chi connectivity index (χ0v) is 25.2. The second-order valence-corrected chi connectivity index (χ2v) is 12.8. The van der Waals surface area contributed by atoms with Crippen molar-refractivity contribution in [2.75, 3.05) is 23.7 Å². The molecular weight excluding hydrogens is 578 g/mol. The third kappa shape index (κ3) is 8.93. The average molecular weight is 615 g/mol. The highest BCUT2D eigenvalue weighted by Crippen LogP contribution is 2.28. The minimum Gasteiger partial charge on any atom is -0.354 e. The number of rotatable bonds is 12. The second kappa shape index (κ2) is 13.8. The molecule has 0 fully saturated rings. The molecule has 208 valence electrons. The fourth-order valence-corrected chi connectivity index (χ4v) is 5.71. The maximum atomic E-state index is 14.1. The summed E-state index contributed by atoms with van der Waals surface area (Å²) in [6.07, 6.45) is 1.36. The van der Waals surface area contributed by atoms with Gasteiger partial charge in [-0.2, -0.15) is 0 Å². The molecule has 7 nitrogen and oxygen atoms in total. The maximum Gasteiger partial charge on any atom is 0.244 e. The van der Waals surface area contributed by atoms with Gasteiger partial charge in [-0.15, -0.1) is 0 Å². The van der Waals surface area contributed by atoms with Gasteiger partial charge in [-0.05, 0) is 52.0 Å². The van der Waals surface area contributed by atoms with E-state index in [1.54, 1.807) is 24.3 Å². The predicted octanol–water partition coefficient (Wildman–Crippen LogP) is 4.94. The van der Waals surface area contributed by atoms with Crippen molar-refractivity contribution in [3.8, 4) is 0 Å². The molecule has 1 atom stereocenters. The molecular formula is C30H36BrN3O4S. The predicted molar refractivity (Wildman–Crippen MR) is 160 cm³/mol. The number of nitrogens with one attached hydrogen (secondary N) is 1. The van der Waals surface area contributed by atoms with E-state index >= 15 is 0 Å². The van der Waals surface area contributed by atoms with Crippen molar-refractivity contribution in [2.24, 2.45) is 5.92 Å². The van der Waals surface area contributed by atoms with Gasteiger partial charge in [0.1, 0.15) is 12.6 Å². The summed E-state index contributed by atoms with van der Waals surface area (Å²) in [5.74, 6) is -0.526. The van der Waals surface area contributed by atoms with E-state index in [4.69, 9.17) is 0 Å². The Morgan fingerprint density at radius 1 is 0.923 bits per heavy atom. The summed E-state index contributed by atoms with van der Waals surface area (Å²) in [5, 5.41) is 2.99. The van der Waals surface area contributed by atoms with E-state index in [-0.39, 0.29) is 24.8 Å². The number of aryl methyl sites for hydroxylation is 1. The first kappa shape index (κ1) is 30.4. The normalized spacial score (nSPS) is 12.2. The lowest BCUT2D eigenvalue weighted by molar-refractivity contribution is -0.140. The Morgan fingerprint density at radius 3 is 2.18 bits per heavy atom. The Hall–Kier alpha value is -3.17. The monoisotopic (exact) mass is 613 g/mol. The molecule has 1 N–H and O–H groups in total. The number of hydrogen-bond donors (Lipinski definition) is 1. The molecule has 39 heavy (non-hydrogen) atoms. The van der Waals surface area contributed by atoms with Gasteiger partial charge in [0.05, 0.1) is 11.9 Å². The Bertz CT molecular complexity index is 1380. The Balaban J connectivity index is 2.05. The van der Waals surface area contributed by atoms with Gasteiger partial charge in [0.15, 0.2) is 0 Å². The molecule has 0 saturated carbocycles. The molecule has 0 aliphatic heterocycles. The Labute approximate surface area is 240 Å². The average Bonchev–Trinajstić information content (AvgIpc) is 2.88. The highest BCUT2D eigenvalue weighted by atomic mass is 79.9. The van der Waals surface area contributed by atoms with Gasteiger partial charge < -0.3 is 10.2 Å². The van der Waals surface area contributed by atoms with Crippen LogP contribution in [0.5, 0.6) is 0 Å². The van der Waals surface area contributed by atoms with E-state index in [1.165, 1.54) is 4.90 Å². The molecule has 0 aliphatic rings. The zero-order valence-electron chi connectivity index (χ0n) is 22.8. The maximum absolute atomic E-state index is 14.1. The molecule has 3 aromatic carbocycles. The van der Waals surface area contributed by atoms with Gasteiger partial charge in [0.25, 0.3) is 0 Å². The van der Waals surface area contributed by atoms with E-state index in [0.717, 1.165) is 27.3 Å². The minimum absolute atomic E-state index is 0.153. The van der Waals surface area contributed by atoms with Gasteiger partial charge in [0.2, 0.25) is 21.8 Å². The third-order valence-electron chi connectivity index (χ3n) is 6.19. The summed E-state index contributed by atoms with van der Waals surface area (Å²) in [4.78, 5) is 29.2. The van der Waals surface area contributed by atoms with Crippen LogP contribution in [0.2, 0.25) is 0 Å². The Kier molecular flexibility index (Phi) is 10.7. The van der Waals surface area contributed by atoms with Crippen LogP contribution in [0.15, 0.2) is 83.3 Å².